The third-order valence-electron chi connectivity index (χ3n) is 6.30. The van der Waals surface area contributed by atoms with Crippen LogP contribution in [0.5, 0.6) is 0 Å². The van der Waals surface area contributed by atoms with Crippen molar-refractivity contribution >= 4 is 17.9 Å². The van der Waals surface area contributed by atoms with Crippen molar-refractivity contribution in [2.24, 2.45) is 17.8 Å². The van der Waals surface area contributed by atoms with Crippen LogP contribution in [0.15, 0.2) is 24.3 Å². The molecule has 6 nitrogen and oxygen atoms in total. The Morgan fingerprint density at radius 2 is 1.57 bits per heavy atom. The van der Waals surface area contributed by atoms with Crippen molar-refractivity contribution in [3.05, 3.63) is 35.6 Å². The highest BCUT2D eigenvalue weighted by Crippen LogP contribution is 2.55. The summed E-state index contributed by atoms with van der Waals surface area (Å²) in [4.78, 5) is 36.0. The summed E-state index contributed by atoms with van der Waals surface area (Å²) in [5.41, 5.74) is 0.407. The fourth-order valence-corrected chi connectivity index (χ4v) is 5.66. The number of hydrogen-bond donors (Lipinski definition) is 2. The fraction of sp³-hybridized carbons (Fsp3) is 0.571. The van der Waals surface area contributed by atoms with Gasteiger partial charge in [0.1, 0.15) is 5.82 Å². The van der Waals surface area contributed by atoms with Gasteiger partial charge in [-0.15, -0.1) is 0 Å². The van der Waals surface area contributed by atoms with Crippen molar-refractivity contribution in [2.45, 2.75) is 50.5 Å². The molecule has 5 rings (SSSR count). The molecule has 4 saturated carbocycles. The number of urea groups is 1. The maximum absolute atomic E-state index is 12.9. The molecule has 0 radical (unpaired) electrons. The molecule has 0 aromatic heterocycles. The highest BCUT2D eigenvalue weighted by Gasteiger charge is 2.51. The lowest BCUT2D eigenvalue weighted by molar-refractivity contribution is -0.147. The maximum atomic E-state index is 12.9. The Hall–Kier alpha value is -2.44. The molecule has 0 atom stereocenters. The minimum Gasteiger partial charge on any atom is -0.455 e. The summed E-state index contributed by atoms with van der Waals surface area (Å²) in [5, 5.41) is 5.31. The smallest absolute Gasteiger partial charge is 0.321 e. The van der Waals surface area contributed by atoms with Gasteiger partial charge < -0.3 is 10.1 Å². The number of carbonyl (C=O) groups is 3. The predicted octanol–water partition coefficient (Wildman–Crippen LogP) is 2.71. The molecule has 4 fully saturated rings. The quantitative estimate of drug-likeness (QED) is 0.760. The van der Waals surface area contributed by atoms with Gasteiger partial charge in [0.2, 0.25) is 0 Å². The van der Waals surface area contributed by atoms with Crippen molar-refractivity contribution < 1.29 is 23.5 Å². The number of amides is 3. The van der Waals surface area contributed by atoms with E-state index in [9.17, 15) is 18.8 Å². The van der Waals surface area contributed by atoms with Gasteiger partial charge in [-0.25, -0.2) is 9.18 Å². The first-order chi connectivity index (χ1) is 13.4. The van der Waals surface area contributed by atoms with Gasteiger partial charge >= 0.3 is 12.0 Å². The number of nitrogens with one attached hydrogen (secondary N) is 2. The SMILES string of the molecule is O=C(COC(=O)Cc1ccc(F)cc1)NC(=O)NC12CC3CC(CC(C3)C1)C2. The molecule has 4 aliphatic rings. The number of ether oxygens (including phenoxy) is 1. The van der Waals surface area contributed by atoms with E-state index in [1.165, 1.54) is 43.5 Å². The van der Waals surface area contributed by atoms with Gasteiger partial charge in [-0.2, -0.15) is 0 Å². The first-order valence-electron chi connectivity index (χ1n) is 9.91. The molecule has 0 unspecified atom stereocenters. The van der Waals surface area contributed by atoms with Gasteiger partial charge in [0.15, 0.2) is 6.61 Å². The van der Waals surface area contributed by atoms with E-state index >= 15 is 0 Å². The van der Waals surface area contributed by atoms with Crippen LogP contribution in [0.25, 0.3) is 0 Å². The third kappa shape index (κ3) is 4.34. The first-order valence-corrected chi connectivity index (χ1v) is 9.91. The van der Waals surface area contributed by atoms with Gasteiger partial charge in [0.05, 0.1) is 6.42 Å². The van der Waals surface area contributed by atoms with Crippen LogP contribution in [0.3, 0.4) is 0 Å². The number of halogens is 1. The largest absolute Gasteiger partial charge is 0.455 e. The Kier molecular flexibility index (Phi) is 5.08. The average Bonchev–Trinajstić information content (AvgIpc) is 2.60. The number of rotatable bonds is 5. The normalized spacial score (nSPS) is 30.0. The Balaban J connectivity index is 1.21. The van der Waals surface area contributed by atoms with Crippen LogP contribution in [0.1, 0.15) is 44.1 Å². The lowest BCUT2D eigenvalue weighted by Crippen LogP contribution is -2.62. The molecule has 150 valence electrons. The number of hydrogen-bond acceptors (Lipinski definition) is 4. The van der Waals surface area contributed by atoms with Crippen molar-refractivity contribution in [1.82, 2.24) is 10.6 Å². The van der Waals surface area contributed by atoms with Crippen LogP contribution in [0.4, 0.5) is 9.18 Å². The fourth-order valence-electron chi connectivity index (χ4n) is 5.66. The number of imide groups is 1. The van der Waals surface area contributed by atoms with Crippen LogP contribution >= 0.6 is 0 Å². The minimum absolute atomic E-state index is 0.0625. The Morgan fingerprint density at radius 1 is 1.00 bits per heavy atom. The summed E-state index contributed by atoms with van der Waals surface area (Å²) in [6, 6.07) is 4.96. The lowest BCUT2D eigenvalue weighted by Gasteiger charge is -2.56. The van der Waals surface area contributed by atoms with Gasteiger partial charge in [-0.05, 0) is 74.0 Å². The topological polar surface area (TPSA) is 84.5 Å². The van der Waals surface area contributed by atoms with E-state index in [1.807, 2.05) is 0 Å². The number of carbonyl (C=O) groups excluding carboxylic acids is 3. The van der Waals surface area contributed by atoms with Crippen LogP contribution in [-0.4, -0.2) is 30.1 Å². The highest BCUT2D eigenvalue weighted by atomic mass is 19.1. The number of benzene rings is 1. The first kappa shape index (κ1) is 18.9. The summed E-state index contributed by atoms with van der Waals surface area (Å²) >= 11 is 0. The second kappa shape index (κ2) is 7.53. The van der Waals surface area contributed by atoms with Gasteiger partial charge in [0.25, 0.3) is 5.91 Å². The van der Waals surface area contributed by atoms with Crippen LogP contribution in [-0.2, 0) is 20.7 Å². The van der Waals surface area contributed by atoms with Crippen LogP contribution in [0, 0.1) is 23.6 Å². The van der Waals surface area contributed by atoms with Crippen molar-refractivity contribution in [3.63, 3.8) is 0 Å². The zero-order chi connectivity index (χ0) is 19.7. The molecule has 28 heavy (non-hydrogen) atoms. The molecule has 0 aliphatic heterocycles. The van der Waals surface area contributed by atoms with E-state index in [4.69, 9.17) is 4.74 Å². The van der Waals surface area contributed by atoms with Crippen LogP contribution < -0.4 is 10.6 Å². The summed E-state index contributed by atoms with van der Waals surface area (Å²) in [7, 11) is 0. The molecular formula is C21H25FN2O4. The monoisotopic (exact) mass is 388 g/mol. The van der Waals surface area contributed by atoms with Gasteiger partial charge in [-0.1, -0.05) is 12.1 Å². The zero-order valence-corrected chi connectivity index (χ0v) is 15.7. The highest BCUT2D eigenvalue weighted by molar-refractivity contribution is 5.95. The van der Waals surface area contributed by atoms with Gasteiger partial charge in [0, 0.05) is 5.54 Å². The van der Waals surface area contributed by atoms with E-state index in [0.29, 0.717) is 23.3 Å². The summed E-state index contributed by atoms with van der Waals surface area (Å²) in [6.07, 6.45) is 6.73. The molecule has 0 heterocycles. The van der Waals surface area contributed by atoms with E-state index in [1.54, 1.807) is 0 Å². The molecule has 0 saturated heterocycles. The standard InChI is InChI=1S/C21H25FN2O4/c22-17-3-1-13(2-4-17)8-19(26)28-12-18(25)23-20(27)24-21-9-14-5-15(10-21)7-16(6-14)11-21/h1-4,14-16H,5-12H2,(H2,23,24,25,27). The maximum Gasteiger partial charge on any atom is 0.321 e. The molecule has 7 heteroatoms. The Labute approximate surface area is 163 Å². The van der Waals surface area contributed by atoms with E-state index in [-0.39, 0.29) is 17.8 Å². The van der Waals surface area contributed by atoms with E-state index in [0.717, 1.165) is 19.3 Å². The second-order valence-electron chi connectivity index (χ2n) is 8.66. The van der Waals surface area contributed by atoms with Crippen molar-refractivity contribution in [1.29, 1.82) is 0 Å². The number of esters is 1. The summed E-state index contributed by atoms with van der Waals surface area (Å²) < 4.78 is 17.8. The molecule has 1 aromatic rings. The summed E-state index contributed by atoms with van der Waals surface area (Å²) in [5.74, 6) is 0.415. The predicted molar refractivity (Wildman–Crippen MR) is 98.6 cm³/mol. The van der Waals surface area contributed by atoms with Gasteiger partial charge in [-0.3, -0.25) is 14.9 Å². The zero-order valence-electron chi connectivity index (χ0n) is 15.7. The molecular weight excluding hydrogens is 363 g/mol. The molecule has 4 aliphatic carbocycles. The Morgan fingerprint density at radius 3 is 2.14 bits per heavy atom. The van der Waals surface area contributed by atoms with Crippen molar-refractivity contribution in [3.8, 4) is 0 Å². The minimum atomic E-state index is -0.658. The molecule has 2 N–H and O–H groups in total. The summed E-state index contributed by atoms with van der Waals surface area (Å²) in [6.45, 7) is -0.520. The van der Waals surface area contributed by atoms with E-state index in [2.05, 4.69) is 10.6 Å². The second-order valence-corrected chi connectivity index (χ2v) is 8.66. The third-order valence-corrected chi connectivity index (χ3v) is 6.30. The molecule has 1 aromatic carbocycles. The Bertz CT molecular complexity index is 742. The molecule has 3 amide bonds. The molecule has 0 spiro atoms. The lowest BCUT2D eigenvalue weighted by atomic mass is 9.53. The van der Waals surface area contributed by atoms with E-state index < -0.39 is 24.5 Å². The van der Waals surface area contributed by atoms with Crippen LogP contribution in [0.2, 0.25) is 0 Å². The molecule has 4 bridgehead atoms. The average molecular weight is 388 g/mol. The van der Waals surface area contributed by atoms with Crippen molar-refractivity contribution in [2.75, 3.05) is 6.61 Å².